The van der Waals surface area contributed by atoms with Crippen LogP contribution in [0.1, 0.15) is 133 Å². The fourth-order valence-corrected chi connectivity index (χ4v) is 17.0. The fraction of sp³-hybridized carbons (Fsp3) is 0.415. The molecule has 500 valence electrons. The first kappa shape index (κ1) is 67.4. The summed E-state index contributed by atoms with van der Waals surface area (Å²) in [5.74, 6) is 6.21. The van der Waals surface area contributed by atoms with E-state index in [1.54, 1.807) is 42.7 Å². The largest absolute Gasteiger partial charge is 0.506 e. The minimum Gasteiger partial charge on any atom is -0.506 e. The number of hydrogen-bond donors (Lipinski definition) is 2. The van der Waals surface area contributed by atoms with Gasteiger partial charge >= 0.3 is 0 Å². The van der Waals surface area contributed by atoms with E-state index < -0.39 is 6.10 Å². The third kappa shape index (κ3) is 14.1. The highest BCUT2D eigenvalue weighted by Crippen LogP contribution is 2.49. The minimum absolute atomic E-state index is 0.162. The number of hydrogen-bond acceptors (Lipinski definition) is 12. The number of phenolic OH excluding ortho intramolecular Hbond substituents is 1. The van der Waals surface area contributed by atoms with Gasteiger partial charge in [-0.1, -0.05) is 115 Å². The van der Waals surface area contributed by atoms with Crippen LogP contribution >= 0.6 is 11.6 Å². The van der Waals surface area contributed by atoms with Gasteiger partial charge < -0.3 is 58.2 Å². The first-order valence-corrected chi connectivity index (χ1v) is 34.6. The van der Waals surface area contributed by atoms with E-state index >= 15 is 0 Å². The monoisotopic (exact) mass is 1300 g/mol. The van der Waals surface area contributed by atoms with Crippen LogP contribution in [0.25, 0.3) is 0 Å². The third-order valence-corrected chi connectivity index (χ3v) is 22.4. The lowest BCUT2D eigenvalue weighted by Crippen LogP contribution is -2.40. The maximum atomic E-state index is 10.8. The van der Waals surface area contributed by atoms with E-state index in [2.05, 4.69) is 157 Å². The number of fused-ring (bicyclic) bond motifs is 16. The molecule has 8 atom stereocenters. The molecule has 95 heavy (non-hydrogen) atoms. The predicted molar refractivity (Wildman–Crippen MR) is 382 cm³/mol. The van der Waals surface area contributed by atoms with Crippen LogP contribution in [0, 0.1) is 0 Å². The Kier molecular flexibility index (Phi) is 21.5. The summed E-state index contributed by atoms with van der Waals surface area (Å²) in [7, 11) is 19.0. The normalized spacial score (nSPS) is 22.2. The SMILES string of the molecule is CN1CCc2cc(Cl)c(O)cc2[C@H]2c3ccccc3CC[C@@H]21.COc1cc2c(cc1OC)[C@@H]1c3ccccc3CC[C@@H]1N(C)CC2.COc1cc2c(cc1OC)[C@H]1c3ccccc3CC[C@@H]1N(C)CC2.COc1ccc(CCN(C)C2CCc3ccccc3C2O)cc1OC. The molecule has 4 aliphatic carbocycles. The zero-order chi connectivity index (χ0) is 66.4. The van der Waals surface area contributed by atoms with Gasteiger partial charge in [-0.25, -0.2) is 0 Å². The van der Waals surface area contributed by atoms with E-state index in [1.165, 1.54) is 110 Å². The van der Waals surface area contributed by atoms with Gasteiger partial charge in [-0.2, -0.15) is 0 Å². The van der Waals surface area contributed by atoms with Crippen molar-refractivity contribution in [3.8, 4) is 40.2 Å². The van der Waals surface area contributed by atoms with Crippen LogP contribution < -0.4 is 28.4 Å². The maximum absolute atomic E-state index is 10.8. The first-order valence-electron chi connectivity index (χ1n) is 34.3. The molecule has 0 fully saturated rings. The summed E-state index contributed by atoms with van der Waals surface area (Å²) >= 11 is 6.15. The van der Waals surface area contributed by atoms with Gasteiger partial charge in [-0.3, -0.25) is 0 Å². The Morgan fingerprint density at radius 1 is 0.400 bits per heavy atom. The number of likely N-dealkylation sites (N-methyl/N-ethyl adjacent to an activating group) is 4. The number of aromatic hydroxyl groups is 1. The van der Waals surface area contributed by atoms with Gasteiger partial charge in [0.25, 0.3) is 0 Å². The number of methoxy groups -OCH3 is 6. The van der Waals surface area contributed by atoms with Crippen LogP contribution in [-0.4, -0.2) is 151 Å². The zero-order valence-electron chi connectivity index (χ0n) is 57.4. The van der Waals surface area contributed by atoms with Gasteiger partial charge in [0.1, 0.15) is 5.75 Å². The van der Waals surface area contributed by atoms with Crippen LogP contribution in [0.3, 0.4) is 0 Å². The van der Waals surface area contributed by atoms with E-state index in [9.17, 15) is 10.2 Å². The van der Waals surface area contributed by atoms with Gasteiger partial charge in [-0.15, -0.1) is 0 Å². The molecular formula is C82H97ClN4O8. The van der Waals surface area contributed by atoms with Crippen molar-refractivity contribution in [1.29, 1.82) is 0 Å². The molecule has 3 aliphatic heterocycles. The Morgan fingerprint density at radius 3 is 1.19 bits per heavy atom. The first-order chi connectivity index (χ1) is 46.2. The van der Waals surface area contributed by atoms with Crippen molar-refractivity contribution in [2.75, 3.05) is 97.0 Å². The summed E-state index contributed by atoms with van der Waals surface area (Å²) in [5, 5.41) is 21.3. The van der Waals surface area contributed by atoms with E-state index in [4.69, 9.17) is 40.0 Å². The van der Waals surface area contributed by atoms with Crippen LogP contribution in [0.4, 0.5) is 0 Å². The van der Waals surface area contributed by atoms with Gasteiger partial charge in [0.2, 0.25) is 0 Å². The van der Waals surface area contributed by atoms with Crippen LogP contribution in [0.5, 0.6) is 40.2 Å². The molecule has 0 saturated heterocycles. The minimum atomic E-state index is -0.416. The van der Waals surface area contributed by atoms with Crippen molar-refractivity contribution in [1.82, 2.24) is 19.6 Å². The molecule has 7 aliphatic rings. The van der Waals surface area contributed by atoms with E-state index in [1.807, 2.05) is 42.5 Å². The summed E-state index contributed by atoms with van der Waals surface area (Å²) < 4.78 is 32.9. The second-order valence-electron chi connectivity index (χ2n) is 27.0. The number of ether oxygens (including phenoxy) is 6. The Hall–Kier alpha value is -7.55. The smallest absolute Gasteiger partial charge is 0.161 e. The number of phenols is 1. The lowest BCUT2D eigenvalue weighted by molar-refractivity contribution is 0.0505. The highest BCUT2D eigenvalue weighted by atomic mass is 35.5. The summed E-state index contributed by atoms with van der Waals surface area (Å²) in [6.07, 6.45) is 12.7. The average molecular weight is 1300 g/mol. The molecule has 8 aromatic rings. The number of halogens is 1. The van der Waals surface area contributed by atoms with Crippen LogP contribution in [-0.2, 0) is 51.4 Å². The Balaban J connectivity index is 0.000000121. The topological polar surface area (TPSA) is 109 Å². The second kappa shape index (κ2) is 30.3. The van der Waals surface area contributed by atoms with Crippen molar-refractivity contribution >= 4 is 11.6 Å². The average Bonchev–Trinajstić information content (AvgIpc) is 1.76. The van der Waals surface area contributed by atoms with E-state index in [-0.39, 0.29) is 11.8 Å². The molecule has 2 N–H and O–H groups in total. The Labute approximate surface area is 569 Å². The van der Waals surface area contributed by atoms with Gasteiger partial charge in [-0.05, 0) is 237 Å². The molecular weight excluding hydrogens is 1200 g/mol. The highest BCUT2D eigenvalue weighted by Gasteiger charge is 2.40. The van der Waals surface area contributed by atoms with Crippen molar-refractivity contribution in [3.63, 3.8) is 0 Å². The number of aliphatic hydroxyl groups is 1. The number of nitrogens with zero attached hydrogens (tertiary/aromatic N) is 4. The molecule has 0 spiro atoms. The molecule has 13 heteroatoms. The molecule has 15 rings (SSSR count). The quantitative estimate of drug-likeness (QED) is 0.136. The van der Waals surface area contributed by atoms with Crippen molar-refractivity contribution < 1.29 is 38.6 Å². The molecule has 0 aromatic heterocycles. The van der Waals surface area contributed by atoms with Crippen molar-refractivity contribution in [3.05, 3.63) is 240 Å². The summed E-state index contributed by atoms with van der Waals surface area (Å²) in [6, 6.07) is 55.3. The van der Waals surface area contributed by atoms with Crippen LogP contribution in [0.15, 0.2) is 152 Å². The van der Waals surface area contributed by atoms with E-state index in [0.29, 0.717) is 40.9 Å². The van der Waals surface area contributed by atoms with E-state index in [0.717, 1.165) is 111 Å². The Bertz CT molecular complexity index is 3840. The molecule has 2 unspecified atom stereocenters. The third-order valence-electron chi connectivity index (χ3n) is 22.1. The highest BCUT2D eigenvalue weighted by molar-refractivity contribution is 6.32. The van der Waals surface area contributed by atoms with Crippen LogP contribution in [0.2, 0.25) is 5.02 Å². The lowest BCUT2D eigenvalue weighted by Gasteiger charge is -2.38. The summed E-state index contributed by atoms with van der Waals surface area (Å²) in [6.45, 7) is 4.11. The molecule has 0 saturated carbocycles. The number of rotatable bonds is 10. The zero-order valence-corrected chi connectivity index (χ0v) is 58.1. The molecule has 12 nitrogen and oxygen atoms in total. The summed E-state index contributed by atoms with van der Waals surface area (Å²) in [4.78, 5) is 9.84. The number of aliphatic hydroxyl groups excluding tert-OH is 1. The molecule has 8 aromatic carbocycles. The molecule has 0 bridgehead atoms. The fourth-order valence-electron chi connectivity index (χ4n) is 16.9. The molecule has 3 heterocycles. The molecule has 0 radical (unpaired) electrons. The summed E-state index contributed by atoms with van der Waals surface area (Å²) in [5.41, 5.74) is 20.5. The van der Waals surface area contributed by atoms with Gasteiger partial charge in [0.15, 0.2) is 34.5 Å². The van der Waals surface area contributed by atoms with Gasteiger partial charge in [0.05, 0.1) is 53.8 Å². The predicted octanol–water partition coefficient (Wildman–Crippen LogP) is 14.5. The van der Waals surface area contributed by atoms with Crippen molar-refractivity contribution in [2.45, 2.75) is 125 Å². The second-order valence-corrected chi connectivity index (χ2v) is 27.4. The number of aryl methyl sites for hydroxylation is 4. The molecule has 0 amide bonds. The van der Waals surface area contributed by atoms with Gasteiger partial charge in [0, 0.05) is 68.1 Å². The van der Waals surface area contributed by atoms with Crippen molar-refractivity contribution in [2.24, 2.45) is 0 Å². The standard InChI is InChI=1S/C21H27NO3.2C21H25NO2.C19H20ClNO/c1-22(13-12-15-8-11-19(24-2)20(14-15)25-3)18-10-9-16-6-4-5-7-17(16)21(18)23;2*1-22-11-10-15-12-19(23-2)20(24-3)13-17(15)21-16-7-5-4-6-14(16)8-9-18(21)22;1-21-9-8-13-10-16(20)18(22)11-15(13)19-14-5-3-2-4-12(14)6-7-17(19)21/h4-8,11,14,18,21,23H,9-10,12-13H2,1-3H3;2*4-7,12-13,18,21H,8-11H2,1-3H3;2-5,10-11,17,19,22H,6-9H2,1H3/t;18-,21+;18-,21-;17-,19+/m.000/s1. The maximum Gasteiger partial charge on any atom is 0.161 e. The Morgan fingerprint density at radius 2 is 0.758 bits per heavy atom. The number of benzene rings is 8. The lowest BCUT2D eigenvalue weighted by atomic mass is 9.74.